The minimum atomic E-state index is -0.387. The number of aromatic nitrogens is 2. The summed E-state index contributed by atoms with van der Waals surface area (Å²) in [5.41, 5.74) is 0.0872. The molecule has 26 heavy (non-hydrogen) atoms. The van der Waals surface area contributed by atoms with Gasteiger partial charge in [0.05, 0.1) is 28.2 Å². The first kappa shape index (κ1) is 17.2. The van der Waals surface area contributed by atoms with Gasteiger partial charge in [0, 0.05) is 13.0 Å². The van der Waals surface area contributed by atoms with E-state index in [2.05, 4.69) is 15.3 Å². The smallest absolute Gasteiger partial charge is 0.264 e. The van der Waals surface area contributed by atoms with Crippen LogP contribution in [0.1, 0.15) is 54.3 Å². The summed E-state index contributed by atoms with van der Waals surface area (Å²) in [7, 11) is 0. The molecule has 0 spiro atoms. The summed E-state index contributed by atoms with van der Waals surface area (Å²) in [6.45, 7) is 4.53. The van der Waals surface area contributed by atoms with E-state index in [-0.39, 0.29) is 29.0 Å². The second kappa shape index (κ2) is 6.19. The van der Waals surface area contributed by atoms with Gasteiger partial charge in [0.2, 0.25) is 5.91 Å². The molecule has 2 aliphatic rings. The van der Waals surface area contributed by atoms with Crippen LogP contribution >= 0.6 is 11.3 Å². The van der Waals surface area contributed by atoms with Crippen molar-refractivity contribution in [2.45, 2.75) is 57.5 Å². The van der Waals surface area contributed by atoms with Crippen LogP contribution in [0.15, 0.2) is 11.1 Å². The number of hydrogen-bond donors (Lipinski definition) is 2. The zero-order valence-corrected chi connectivity index (χ0v) is 15.7. The highest BCUT2D eigenvalue weighted by atomic mass is 32.1. The van der Waals surface area contributed by atoms with Gasteiger partial charge in [0.1, 0.15) is 4.83 Å². The summed E-state index contributed by atoms with van der Waals surface area (Å²) >= 11 is 1.27. The van der Waals surface area contributed by atoms with Crippen LogP contribution in [0.5, 0.6) is 0 Å². The van der Waals surface area contributed by atoms with Gasteiger partial charge in [-0.2, -0.15) is 0 Å². The Hall–Kier alpha value is -2.22. The van der Waals surface area contributed by atoms with Crippen molar-refractivity contribution in [3.63, 3.8) is 0 Å². The Morgan fingerprint density at radius 3 is 2.96 bits per heavy atom. The van der Waals surface area contributed by atoms with Gasteiger partial charge in [0.25, 0.3) is 11.5 Å². The lowest BCUT2D eigenvalue weighted by atomic mass is 9.81. The molecule has 2 aliphatic heterocycles. The third kappa shape index (κ3) is 2.63. The van der Waals surface area contributed by atoms with Crippen molar-refractivity contribution in [1.29, 1.82) is 0 Å². The fourth-order valence-electron chi connectivity index (χ4n) is 4.40. The Kier molecular flexibility index (Phi) is 4.10. The average Bonchev–Trinajstić information content (AvgIpc) is 2.84. The molecular weight excluding hydrogens is 352 g/mol. The third-order valence-corrected chi connectivity index (χ3v) is 6.89. The van der Waals surface area contributed by atoms with Crippen LogP contribution in [0.2, 0.25) is 0 Å². The minimum absolute atomic E-state index is 0.0222. The number of likely N-dealkylation sites (tertiary alicyclic amines) is 1. The number of rotatable bonds is 1. The van der Waals surface area contributed by atoms with E-state index in [0.29, 0.717) is 33.6 Å². The van der Waals surface area contributed by atoms with Gasteiger partial charge in [-0.05, 0) is 45.1 Å². The minimum Gasteiger partial charge on any atom is -0.349 e. The van der Waals surface area contributed by atoms with Crippen molar-refractivity contribution in [2.24, 2.45) is 0 Å². The van der Waals surface area contributed by atoms with E-state index in [4.69, 9.17) is 0 Å². The zero-order valence-electron chi connectivity index (χ0n) is 14.9. The normalized spacial score (nSPS) is 26.3. The van der Waals surface area contributed by atoms with Crippen LogP contribution in [0.3, 0.4) is 0 Å². The van der Waals surface area contributed by atoms with Gasteiger partial charge in [0.15, 0.2) is 0 Å². The van der Waals surface area contributed by atoms with Gasteiger partial charge in [-0.25, -0.2) is 4.98 Å². The number of nitrogens with one attached hydrogen (secondary N) is 2. The van der Waals surface area contributed by atoms with E-state index in [0.717, 1.165) is 25.7 Å². The highest BCUT2D eigenvalue weighted by Crippen LogP contribution is 2.36. The molecule has 2 aromatic rings. The SMILES string of the molecule is Cc1c(C(=O)N2CCC[C@]3(C)NC(=O)CCC[C@H]23)sc2nc[nH]c(=O)c12. The molecule has 2 amide bonds. The molecule has 138 valence electrons. The van der Waals surface area contributed by atoms with E-state index in [1.54, 1.807) is 6.92 Å². The first-order valence-corrected chi connectivity index (χ1v) is 9.81. The predicted molar refractivity (Wildman–Crippen MR) is 99.4 cm³/mol. The molecule has 2 atom stereocenters. The van der Waals surface area contributed by atoms with Crippen molar-refractivity contribution < 1.29 is 9.59 Å². The molecule has 0 saturated carbocycles. The van der Waals surface area contributed by atoms with E-state index in [1.165, 1.54) is 17.7 Å². The molecule has 0 bridgehead atoms. The van der Waals surface area contributed by atoms with E-state index >= 15 is 0 Å². The Bertz CT molecular complexity index is 950. The highest BCUT2D eigenvalue weighted by molar-refractivity contribution is 7.20. The number of aryl methyl sites for hydroxylation is 1. The quantitative estimate of drug-likeness (QED) is 0.798. The Morgan fingerprint density at radius 1 is 1.38 bits per heavy atom. The lowest BCUT2D eigenvalue weighted by Gasteiger charge is -2.47. The van der Waals surface area contributed by atoms with Gasteiger partial charge < -0.3 is 15.2 Å². The van der Waals surface area contributed by atoms with Crippen LogP contribution in [0.4, 0.5) is 0 Å². The maximum Gasteiger partial charge on any atom is 0.264 e. The molecule has 0 aromatic carbocycles. The molecule has 7 nitrogen and oxygen atoms in total. The molecule has 0 unspecified atom stereocenters. The second-order valence-corrected chi connectivity index (χ2v) is 8.44. The molecule has 4 rings (SSSR count). The number of piperidine rings is 1. The van der Waals surface area contributed by atoms with Crippen LogP contribution in [0, 0.1) is 6.92 Å². The highest BCUT2D eigenvalue weighted by Gasteiger charge is 2.45. The first-order chi connectivity index (χ1) is 12.4. The van der Waals surface area contributed by atoms with Crippen molar-refractivity contribution >= 4 is 33.4 Å². The van der Waals surface area contributed by atoms with Crippen molar-refractivity contribution in [2.75, 3.05) is 6.54 Å². The number of fused-ring (bicyclic) bond motifs is 2. The largest absolute Gasteiger partial charge is 0.349 e. The number of H-pyrrole nitrogens is 1. The number of amides is 2. The van der Waals surface area contributed by atoms with Crippen molar-refractivity contribution in [3.05, 3.63) is 27.1 Å². The predicted octanol–water partition coefficient (Wildman–Crippen LogP) is 1.96. The van der Waals surface area contributed by atoms with Crippen LogP contribution < -0.4 is 10.9 Å². The van der Waals surface area contributed by atoms with Crippen LogP contribution in [-0.2, 0) is 4.79 Å². The molecule has 2 N–H and O–H groups in total. The summed E-state index contributed by atoms with van der Waals surface area (Å²) in [6, 6.07) is -0.0222. The average molecular weight is 374 g/mol. The molecule has 4 heterocycles. The fourth-order valence-corrected chi connectivity index (χ4v) is 5.50. The number of nitrogens with zero attached hydrogens (tertiary/aromatic N) is 2. The number of aromatic amines is 1. The standard InChI is InChI=1S/C18H22N4O3S/c1-10-13-15(24)19-9-20-16(13)26-14(10)17(25)22-8-4-7-18(2)11(22)5-3-6-12(23)21-18/h9,11H,3-8H2,1-2H3,(H,21,23)(H,19,20,24)/t11-,18-/m0/s1. The number of carbonyl (C=O) groups excluding carboxylic acids is 2. The lowest BCUT2D eigenvalue weighted by Crippen LogP contribution is -2.63. The topological polar surface area (TPSA) is 95.2 Å². The monoisotopic (exact) mass is 374 g/mol. The third-order valence-electron chi connectivity index (χ3n) is 5.70. The first-order valence-electron chi connectivity index (χ1n) is 8.99. The number of hydrogen-bond acceptors (Lipinski definition) is 5. The van der Waals surface area contributed by atoms with Crippen LogP contribution in [-0.4, -0.2) is 44.8 Å². The van der Waals surface area contributed by atoms with Gasteiger partial charge in [-0.1, -0.05) is 0 Å². The summed E-state index contributed by atoms with van der Waals surface area (Å²) in [5, 5.41) is 3.64. The zero-order chi connectivity index (χ0) is 18.5. The maximum absolute atomic E-state index is 13.4. The van der Waals surface area contributed by atoms with Gasteiger partial charge in [-0.3, -0.25) is 14.4 Å². The fraction of sp³-hybridized carbons (Fsp3) is 0.556. The van der Waals surface area contributed by atoms with E-state index < -0.39 is 0 Å². The maximum atomic E-state index is 13.4. The summed E-state index contributed by atoms with van der Waals surface area (Å²) in [6.07, 6.45) is 5.19. The van der Waals surface area contributed by atoms with Gasteiger partial charge >= 0.3 is 0 Å². The molecule has 2 fully saturated rings. The molecular formula is C18H22N4O3S. The molecule has 0 radical (unpaired) electrons. The molecule has 0 aliphatic carbocycles. The molecule has 2 saturated heterocycles. The number of carbonyl (C=O) groups is 2. The molecule has 8 heteroatoms. The van der Waals surface area contributed by atoms with Crippen molar-refractivity contribution in [3.8, 4) is 0 Å². The van der Waals surface area contributed by atoms with Crippen LogP contribution in [0.25, 0.3) is 10.2 Å². The number of thiophene rings is 1. The van der Waals surface area contributed by atoms with E-state index in [1.807, 2.05) is 11.8 Å². The summed E-state index contributed by atoms with van der Waals surface area (Å²) < 4.78 is 0. The van der Waals surface area contributed by atoms with E-state index in [9.17, 15) is 14.4 Å². The van der Waals surface area contributed by atoms with Crippen molar-refractivity contribution in [1.82, 2.24) is 20.2 Å². The Morgan fingerprint density at radius 2 is 2.19 bits per heavy atom. The Balaban J connectivity index is 1.74. The molecule has 2 aromatic heterocycles. The lowest BCUT2D eigenvalue weighted by molar-refractivity contribution is -0.123. The second-order valence-electron chi connectivity index (χ2n) is 7.44. The van der Waals surface area contributed by atoms with Gasteiger partial charge in [-0.15, -0.1) is 11.3 Å². The summed E-state index contributed by atoms with van der Waals surface area (Å²) in [4.78, 5) is 47.4. The summed E-state index contributed by atoms with van der Waals surface area (Å²) in [5.74, 6) is 0.00931. The Labute approximate surface area is 154 Å².